The maximum Gasteiger partial charge on any atom is 0.339 e. The number of hydrogen-bond acceptors (Lipinski definition) is 5. The summed E-state index contributed by atoms with van der Waals surface area (Å²) in [5, 5.41) is 8.20. The number of benzene rings is 2. The van der Waals surface area contributed by atoms with Crippen LogP contribution in [0.1, 0.15) is 22.8 Å². The van der Waals surface area contributed by atoms with Crippen molar-refractivity contribution in [3.8, 4) is 11.3 Å². The van der Waals surface area contributed by atoms with Crippen molar-refractivity contribution in [1.29, 1.82) is 0 Å². The molecule has 0 saturated heterocycles. The lowest BCUT2D eigenvalue weighted by Gasteiger charge is -2.09. The Kier molecular flexibility index (Phi) is 6.47. The van der Waals surface area contributed by atoms with Gasteiger partial charge in [-0.25, -0.2) is 14.5 Å². The van der Waals surface area contributed by atoms with Crippen molar-refractivity contribution in [3.05, 3.63) is 83.0 Å². The van der Waals surface area contributed by atoms with E-state index in [1.165, 1.54) is 0 Å². The molecule has 4 rings (SSSR count). The van der Waals surface area contributed by atoms with E-state index in [0.29, 0.717) is 33.9 Å². The third-order valence-electron chi connectivity index (χ3n) is 4.91. The number of esters is 1. The second kappa shape index (κ2) is 9.62. The summed E-state index contributed by atoms with van der Waals surface area (Å²) in [6.07, 6.45) is 1.59. The van der Waals surface area contributed by atoms with Gasteiger partial charge in [-0.15, -0.1) is 0 Å². The van der Waals surface area contributed by atoms with Gasteiger partial charge < -0.3 is 10.1 Å². The Labute approximate surface area is 190 Å². The van der Waals surface area contributed by atoms with Crippen molar-refractivity contribution in [3.63, 3.8) is 0 Å². The van der Waals surface area contributed by atoms with Crippen LogP contribution in [0.3, 0.4) is 0 Å². The molecule has 0 fully saturated rings. The number of ether oxygens (including phenoxy) is 1. The second-order valence-corrected chi connectivity index (χ2v) is 7.54. The summed E-state index contributed by atoms with van der Waals surface area (Å²) < 4.78 is 7.02. The normalized spacial score (nSPS) is 10.8. The smallest absolute Gasteiger partial charge is 0.339 e. The highest BCUT2D eigenvalue weighted by molar-refractivity contribution is 6.30. The Bertz CT molecular complexity index is 1270. The Hall–Kier alpha value is -3.71. The monoisotopic (exact) mass is 448 g/mol. The number of carbonyl (C=O) groups excluding carboxylic acids is 2. The Morgan fingerprint density at radius 1 is 1.09 bits per heavy atom. The van der Waals surface area contributed by atoms with Crippen LogP contribution < -0.4 is 5.32 Å². The van der Waals surface area contributed by atoms with Gasteiger partial charge in [0.25, 0.3) is 5.91 Å². The molecule has 0 bridgehead atoms. The number of pyridine rings is 1. The molecule has 1 amide bonds. The van der Waals surface area contributed by atoms with Crippen LogP contribution in [-0.4, -0.2) is 33.2 Å². The number of rotatable bonds is 7. The number of amides is 1. The average Bonchev–Trinajstić information content (AvgIpc) is 3.24. The summed E-state index contributed by atoms with van der Waals surface area (Å²) in [5.41, 5.74) is 3.26. The number of nitrogens with zero attached hydrogens (tertiary/aromatic N) is 3. The molecule has 2 heterocycles. The predicted molar refractivity (Wildman–Crippen MR) is 122 cm³/mol. The van der Waals surface area contributed by atoms with Gasteiger partial charge in [-0.2, -0.15) is 5.10 Å². The molecule has 0 spiro atoms. The predicted octanol–water partition coefficient (Wildman–Crippen LogP) is 4.24. The third-order valence-corrected chi connectivity index (χ3v) is 5.15. The Morgan fingerprint density at radius 3 is 2.66 bits per heavy atom. The molecular weight excluding hydrogens is 428 g/mol. The second-order valence-electron chi connectivity index (χ2n) is 7.10. The maximum atomic E-state index is 12.9. The minimum absolute atomic E-state index is 0.290. The largest absolute Gasteiger partial charge is 0.452 e. The molecule has 0 aliphatic heterocycles. The molecular formula is C24H21ClN4O3. The van der Waals surface area contributed by atoms with Gasteiger partial charge >= 0.3 is 5.97 Å². The molecule has 0 aliphatic carbocycles. The van der Waals surface area contributed by atoms with Crippen molar-refractivity contribution in [2.75, 3.05) is 6.61 Å². The molecule has 1 N–H and O–H groups in total. The number of aromatic nitrogens is 3. The fraction of sp³-hybridized carbons (Fsp3) is 0.167. The van der Waals surface area contributed by atoms with Crippen LogP contribution in [0.25, 0.3) is 22.3 Å². The van der Waals surface area contributed by atoms with Crippen LogP contribution in [0.5, 0.6) is 0 Å². The highest BCUT2D eigenvalue weighted by Crippen LogP contribution is 2.25. The van der Waals surface area contributed by atoms with Gasteiger partial charge in [0.05, 0.1) is 22.8 Å². The molecule has 32 heavy (non-hydrogen) atoms. The first kappa shape index (κ1) is 21.5. The number of aryl methyl sites for hydroxylation is 1. The van der Waals surface area contributed by atoms with E-state index >= 15 is 0 Å². The number of nitrogens with one attached hydrogen (secondary N) is 1. The van der Waals surface area contributed by atoms with E-state index in [1.807, 2.05) is 43.3 Å². The van der Waals surface area contributed by atoms with Gasteiger partial charge in [-0.05, 0) is 30.7 Å². The fourth-order valence-corrected chi connectivity index (χ4v) is 3.53. The topological polar surface area (TPSA) is 86.1 Å². The molecule has 0 saturated carbocycles. The number of hydrogen-bond donors (Lipinski definition) is 1. The Morgan fingerprint density at radius 2 is 1.91 bits per heavy atom. The quantitative estimate of drug-likeness (QED) is 0.427. The molecule has 2 aromatic heterocycles. The first-order valence-electron chi connectivity index (χ1n) is 10.2. The lowest BCUT2D eigenvalue weighted by Crippen LogP contribution is -2.28. The summed E-state index contributed by atoms with van der Waals surface area (Å²) in [7, 11) is 0. The van der Waals surface area contributed by atoms with Gasteiger partial charge in [0, 0.05) is 23.7 Å². The highest BCUT2D eigenvalue weighted by Gasteiger charge is 2.19. The van der Waals surface area contributed by atoms with Crippen LogP contribution in [0.2, 0.25) is 5.02 Å². The Balaban J connectivity index is 1.51. The summed E-state index contributed by atoms with van der Waals surface area (Å²) in [6, 6.07) is 18.4. The van der Waals surface area contributed by atoms with E-state index in [9.17, 15) is 9.59 Å². The molecule has 8 heteroatoms. The molecule has 0 atom stereocenters. The van der Waals surface area contributed by atoms with E-state index in [1.54, 1.807) is 35.1 Å². The lowest BCUT2D eigenvalue weighted by molar-refractivity contribution is -0.124. The highest BCUT2D eigenvalue weighted by atomic mass is 35.5. The van der Waals surface area contributed by atoms with Crippen molar-refractivity contribution in [1.82, 2.24) is 20.1 Å². The van der Waals surface area contributed by atoms with Gasteiger partial charge in [0.1, 0.15) is 0 Å². The first-order valence-corrected chi connectivity index (χ1v) is 10.5. The van der Waals surface area contributed by atoms with Crippen molar-refractivity contribution in [2.45, 2.75) is 20.0 Å². The molecule has 162 valence electrons. The van der Waals surface area contributed by atoms with Gasteiger partial charge in [-0.3, -0.25) is 4.79 Å². The van der Waals surface area contributed by atoms with Crippen LogP contribution in [0, 0.1) is 0 Å². The van der Waals surface area contributed by atoms with Crippen molar-refractivity contribution >= 4 is 34.5 Å². The summed E-state index contributed by atoms with van der Waals surface area (Å²) in [5.74, 6) is -1.01. The van der Waals surface area contributed by atoms with E-state index in [4.69, 9.17) is 16.3 Å². The molecule has 0 aliphatic rings. The molecule has 2 aromatic carbocycles. The van der Waals surface area contributed by atoms with Gasteiger partial charge in [-0.1, -0.05) is 54.1 Å². The van der Waals surface area contributed by atoms with E-state index in [-0.39, 0.29) is 6.54 Å². The summed E-state index contributed by atoms with van der Waals surface area (Å²) >= 11 is 5.95. The molecule has 7 nitrogen and oxygen atoms in total. The third kappa shape index (κ3) is 4.78. The van der Waals surface area contributed by atoms with Crippen molar-refractivity contribution in [2.24, 2.45) is 0 Å². The van der Waals surface area contributed by atoms with Crippen molar-refractivity contribution < 1.29 is 14.3 Å². The number of fused-ring (bicyclic) bond motifs is 1. The van der Waals surface area contributed by atoms with Crippen LogP contribution in [0.15, 0.2) is 66.9 Å². The van der Waals surface area contributed by atoms with Crippen LogP contribution >= 0.6 is 11.6 Å². The van der Waals surface area contributed by atoms with E-state index in [0.717, 1.165) is 11.1 Å². The summed E-state index contributed by atoms with van der Waals surface area (Å²) in [4.78, 5) is 29.8. The number of carbonyl (C=O) groups is 2. The van der Waals surface area contributed by atoms with Gasteiger partial charge in [0.2, 0.25) is 0 Å². The molecule has 4 aromatic rings. The minimum atomic E-state index is -0.608. The lowest BCUT2D eigenvalue weighted by atomic mass is 10.1. The van der Waals surface area contributed by atoms with Gasteiger partial charge in [0.15, 0.2) is 12.3 Å². The van der Waals surface area contributed by atoms with E-state index in [2.05, 4.69) is 15.4 Å². The molecule has 0 unspecified atom stereocenters. The van der Waals surface area contributed by atoms with Crippen LogP contribution in [-0.2, 0) is 22.6 Å². The zero-order valence-corrected chi connectivity index (χ0v) is 18.2. The maximum absolute atomic E-state index is 12.9. The number of halogens is 1. The summed E-state index contributed by atoms with van der Waals surface area (Å²) in [6.45, 7) is 2.45. The SMILES string of the molecule is CCn1ncc2c(C(=O)OCC(=O)NCc3cccc(Cl)c3)cc(-c3ccccc3)nc21. The van der Waals surface area contributed by atoms with Crippen LogP contribution in [0.4, 0.5) is 0 Å². The standard InChI is InChI=1S/C24H21ClN4O3/c1-2-29-23-20(14-27-29)19(12-21(28-23)17-8-4-3-5-9-17)24(31)32-15-22(30)26-13-16-7-6-10-18(25)11-16/h3-12,14H,2,13,15H2,1H3,(H,26,30). The zero-order valence-electron chi connectivity index (χ0n) is 17.4. The first-order chi connectivity index (χ1) is 15.5. The fourth-order valence-electron chi connectivity index (χ4n) is 3.31. The van der Waals surface area contributed by atoms with E-state index < -0.39 is 18.5 Å². The zero-order chi connectivity index (χ0) is 22.5. The average molecular weight is 449 g/mol. The minimum Gasteiger partial charge on any atom is -0.452 e. The molecule has 0 radical (unpaired) electrons.